The molecule has 0 atom stereocenters. The smallest absolute Gasteiger partial charge is 0.294 e. The topological polar surface area (TPSA) is 116 Å². The van der Waals surface area contributed by atoms with Crippen LogP contribution in [0.3, 0.4) is 0 Å². The maximum atomic E-state index is 12.0. The summed E-state index contributed by atoms with van der Waals surface area (Å²) in [5.74, 6) is -0.545. The molecular formula is C12H12ClN5O3. The number of rotatable bonds is 5. The average molecular weight is 310 g/mol. The Kier molecular flexibility index (Phi) is 4.51. The van der Waals surface area contributed by atoms with Crippen LogP contribution in [0.5, 0.6) is 0 Å². The van der Waals surface area contributed by atoms with Gasteiger partial charge in [0.2, 0.25) is 0 Å². The van der Waals surface area contributed by atoms with Crippen LogP contribution >= 0.6 is 11.6 Å². The zero-order valence-corrected chi connectivity index (χ0v) is 11.6. The lowest BCUT2D eigenvalue weighted by Gasteiger charge is -2.04. The van der Waals surface area contributed by atoms with Crippen LogP contribution < -0.4 is 11.1 Å². The molecule has 1 aromatic carbocycles. The van der Waals surface area contributed by atoms with Gasteiger partial charge in [-0.2, -0.15) is 0 Å². The number of nitrogens with one attached hydrogen (secondary N) is 1. The van der Waals surface area contributed by atoms with Crippen molar-refractivity contribution in [2.24, 2.45) is 5.73 Å². The number of benzene rings is 1. The monoisotopic (exact) mass is 309 g/mol. The van der Waals surface area contributed by atoms with Gasteiger partial charge < -0.3 is 15.6 Å². The van der Waals surface area contributed by atoms with Gasteiger partial charge in [0.15, 0.2) is 0 Å². The molecule has 1 amide bonds. The molecule has 9 heteroatoms. The van der Waals surface area contributed by atoms with Crippen molar-refractivity contribution in [2.45, 2.75) is 6.54 Å². The molecule has 3 N–H and O–H groups in total. The molecule has 1 aromatic heterocycles. The van der Waals surface area contributed by atoms with Crippen molar-refractivity contribution < 1.29 is 9.72 Å². The fourth-order valence-electron chi connectivity index (χ4n) is 1.70. The van der Waals surface area contributed by atoms with E-state index in [2.05, 4.69) is 10.3 Å². The zero-order valence-electron chi connectivity index (χ0n) is 10.8. The number of halogens is 1. The first-order valence-electron chi connectivity index (χ1n) is 5.98. The third-order valence-electron chi connectivity index (χ3n) is 2.66. The Morgan fingerprint density at radius 2 is 2.29 bits per heavy atom. The summed E-state index contributed by atoms with van der Waals surface area (Å²) in [5.41, 5.74) is 5.32. The number of hydrogen-bond donors (Lipinski definition) is 2. The van der Waals surface area contributed by atoms with E-state index in [1.807, 2.05) is 0 Å². The molecule has 2 aromatic rings. The predicted molar refractivity (Wildman–Crippen MR) is 77.3 cm³/mol. The lowest BCUT2D eigenvalue weighted by Crippen LogP contribution is -2.14. The molecule has 2 rings (SSSR count). The number of nitrogens with zero attached hydrogens (tertiary/aromatic N) is 3. The van der Waals surface area contributed by atoms with Gasteiger partial charge >= 0.3 is 0 Å². The van der Waals surface area contributed by atoms with Gasteiger partial charge in [-0.3, -0.25) is 14.9 Å². The highest BCUT2D eigenvalue weighted by atomic mass is 35.5. The number of carbonyl (C=O) groups is 1. The SMILES string of the molecule is NCCn1cnc(C(=O)Nc2ccc(Cl)cc2[N+](=O)[O-])c1. The number of amides is 1. The molecule has 8 nitrogen and oxygen atoms in total. The molecule has 1 heterocycles. The number of aromatic nitrogens is 2. The minimum Gasteiger partial charge on any atom is -0.335 e. The Morgan fingerprint density at radius 3 is 2.95 bits per heavy atom. The van der Waals surface area contributed by atoms with E-state index in [1.54, 1.807) is 4.57 Å². The summed E-state index contributed by atoms with van der Waals surface area (Å²) in [6.45, 7) is 0.946. The van der Waals surface area contributed by atoms with Crippen molar-refractivity contribution in [1.82, 2.24) is 9.55 Å². The summed E-state index contributed by atoms with van der Waals surface area (Å²) in [6, 6.07) is 4.00. The molecule has 21 heavy (non-hydrogen) atoms. The van der Waals surface area contributed by atoms with Crippen molar-refractivity contribution in [2.75, 3.05) is 11.9 Å². The predicted octanol–water partition coefficient (Wildman–Crippen LogP) is 1.66. The largest absolute Gasteiger partial charge is 0.335 e. The number of nitrogens with two attached hydrogens (primary N) is 1. The Balaban J connectivity index is 2.20. The minimum atomic E-state index is -0.617. The van der Waals surface area contributed by atoms with Gasteiger partial charge in [0, 0.05) is 30.4 Å². The van der Waals surface area contributed by atoms with Crippen LogP contribution in [0, 0.1) is 10.1 Å². The molecule has 110 valence electrons. The van der Waals surface area contributed by atoms with Crippen LogP contribution in [-0.4, -0.2) is 26.9 Å². The fraction of sp³-hybridized carbons (Fsp3) is 0.167. The molecule has 0 radical (unpaired) electrons. The number of imidazole rings is 1. The second kappa shape index (κ2) is 6.33. The molecular weight excluding hydrogens is 298 g/mol. The Labute approximate surface area is 124 Å². The van der Waals surface area contributed by atoms with Gasteiger partial charge in [-0.05, 0) is 12.1 Å². The van der Waals surface area contributed by atoms with Crippen LogP contribution in [0.15, 0.2) is 30.7 Å². The lowest BCUT2D eigenvalue weighted by atomic mass is 10.2. The normalized spacial score (nSPS) is 10.4. The highest BCUT2D eigenvalue weighted by Crippen LogP contribution is 2.27. The molecule has 0 saturated carbocycles. The summed E-state index contributed by atoms with van der Waals surface area (Å²) in [6.07, 6.45) is 2.99. The van der Waals surface area contributed by atoms with E-state index in [0.717, 1.165) is 0 Å². The van der Waals surface area contributed by atoms with Crippen molar-refractivity contribution in [1.29, 1.82) is 0 Å². The first kappa shape index (κ1) is 14.9. The molecule has 0 aliphatic rings. The molecule has 0 unspecified atom stereocenters. The highest BCUT2D eigenvalue weighted by Gasteiger charge is 2.18. The van der Waals surface area contributed by atoms with Crippen molar-refractivity contribution >= 4 is 28.9 Å². The first-order valence-corrected chi connectivity index (χ1v) is 6.36. The number of carbonyl (C=O) groups excluding carboxylic acids is 1. The third-order valence-corrected chi connectivity index (χ3v) is 2.89. The molecule has 0 fully saturated rings. The highest BCUT2D eigenvalue weighted by molar-refractivity contribution is 6.31. The van der Waals surface area contributed by atoms with Gasteiger partial charge in [0.25, 0.3) is 11.6 Å². The number of anilines is 1. The van der Waals surface area contributed by atoms with E-state index in [0.29, 0.717) is 13.1 Å². The van der Waals surface area contributed by atoms with Gasteiger partial charge in [-0.1, -0.05) is 11.6 Å². The minimum absolute atomic E-state index is 0.0581. The Bertz CT molecular complexity index is 685. The Hall–Kier alpha value is -2.45. The van der Waals surface area contributed by atoms with E-state index in [-0.39, 0.29) is 22.1 Å². The van der Waals surface area contributed by atoms with E-state index in [9.17, 15) is 14.9 Å². The lowest BCUT2D eigenvalue weighted by molar-refractivity contribution is -0.383. The molecule has 0 aliphatic carbocycles. The maximum absolute atomic E-state index is 12.0. The summed E-state index contributed by atoms with van der Waals surface area (Å²) in [4.78, 5) is 26.3. The quantitative estimate of drug-likeness (QED) is 0.643. The molecule has 0 saturated heterocycles. The van der Waals surface area contributed by atoms with Crippen LogP contribution in [0.2, 0.25) is 5.02 Å². The Morgan fingerprint density at radius 1 is 1.52 bits per heavy atom. The summed E-state index contributed by atoms with van der Waals surface area (Å²) < 4.78 is 1.66. The second-order valence-corrected chi connectivity index (χ2v) is 4.59. The van der Waals surface area contributed by atoms with Crippen LogP contribution in [0.1, 0.15) is 10.5 Å². The van der Waals surface area contributed by atoms with Crippen molar-refractivity contribution in [3.05, 3.63) is 51.6 Å². The third kappa shape index (κ3) is 3.56. The van der Waals surface area contributed by atoms with Crippen LogP contribution in [0.4, 0.5) is 11.4 Å². The average Bonchev–Trinajstić information content (AvgIpc) is 2.89. The van der Waals surface area contributed by atoms with Gasteiger partial charge in [0.1, 0.15) is 11.4 Å². The zero-order chi connectivity index (χ0) is 15.4. The van der Waals surface area contributed by atoms with Crippen molar-refractivity contribution in [3.8, 4) is 0 Å². The van der Waals surface area contributed by atoms with E-state index >= 15 is 0 Å². The van der Waals surface area contributed by atoms with E-state index in [1.165, 1.54) is 30.7 Å². The van der Waals surface area contributed by atoms with Gasteiger partial charge in [-0.15, -0.1) is 0 Å². The number of hydrogen-bond acceptors (Lipinski definition) is 5. The maximum Gasteiger partial charge on any atom is 0.294 e. The summed E-state index contributed by atoms with van der Waals surface area (Å²) in [5, 5.41) is 13.6. The van der Waals surface area contributed by atoms with Gasteiger partial charge in [-0.25, -0.2) is 4.98 Å². The van der Waals surface area contributed by atoms with Crippen LogP contribution in [-0.2, 0) is 6.54 Å². The first-order chi connectivity index (χ1) is 10.0. The molecule has 0 spiro atoms. The molecule has 0 aliphatic heterocycles. The van der Waals surface area contributed by atoms with Crippen molar-refractivity contribution in [3.63, 3.8) is 0 Å². The number of nitro benzene ring substituents is 1. The van der Waals surface area contributed by atoms with E-state index in [4.69, 9.17) is 17.3 Å². The van der Waals surface area contributed by atoms with Gasteiger partial charge in [0.05, 0.1) is 11.3 Å². The standard InChI is InChI=1S/C12H12ClN5O3/c13-8-1-2-9(11(5-8)18(20)21)16-12(19)10-6-17(4-3-14)7-15-10/h1-2,5-7H,3-4,14H2,(H,16,19). The fourth-order valence-corrected chi connectivity index (χ4v) is 1.86. The second-order valence-electron chi connectivity index (χ2n) is 4.16. The molecule has 0 bridgehead atoms. The van der Waals surface area contributed by atoms with Crippen LogP contribution in [0.25, 0.3) is 0 Å². The number of nitro groups is 1. The summed E-state index contributed by atoms with van der Waals surface area (Å²) >= 11 is 5.71. The summed E-state index contributed by atoms with van der Waals surface area (Å²) in [7, 11) is 0. The van der Waals surface area contributed by atoms with E-state index < -0.39 is 10.8 Å².